The molecule has 1 aromatic carbocycles. The second-order valence-electron chi connectivity index (χ2n) is 6.19. The number of rotatable bonds is 5. The fourth-order valence-electron chi connectivity index (χ4n) is 2.65. The zero-order chi connectivity index (χ0) is 16.8. The Morgan fingerprint density at radius 1 is 1.12 bits per heavy atom. The minimum absolute atomic E-state index is 0. The first-order valence-electron chi connectivity index (χ1n) is 8.09. The first kappa shape index (κ1) is 20.4. The maximum Gasteiger partial charge on any atom is 0.253 e. The normalized spacial score (nSPS) is 15.1. The lowest BCUT2D eigenvalue weighted by atomic mass is 10.1. The fourth-order valence-corrected chi connectivity index (χ4v) is 2.65. The van der Waals surface area contributed by atoms with E-state index >= 15 is 0 Å². The van der Waals surface area contributed by atoms with Crippen molar-refractivity contribution < 1.29 is 9.59 Å². The van der Waals surface area contributed by atoms with Gasteiger partial charge < -0.3 is 16.0 Å². The van der Waals surface area contributed by atoms with Gasteiger partial charge in [0.15, 0.2) is 0 Å². The molecule has 0 atom stereocenters. The van der Waals surface area contributed by atoms with Crippen LogP contribution in [0, 0.1) is 0 Å². The molecule has 0 saturated carbocycles. The summed E-state index contributed by atoms with van der Waals surface area (Å²) in [5, 5.41) is 2.89. The number of carbonyl (C=O) groups excluding carboxylic acids is 2. The Kier molecular flexibility index (Phi) is 8.18. The molecule has 24 heavy (non-hydrogen) atoms. The molecule has 1 heterocycles. The molecular weight excluding hydrogens is 328 g/mol. The third-order valence-corrected chi connectivity index (χ3v) is 3.91. The predicted octanol–water partition coefficient (Wildman–Crippen LogP) is 0.850. The number of hydrogen-bond donors (Lipinski definition) is 2. The zero-order valence-electron chi connectivity index (χ0n) is 14.3. The predicted molar refractivity (Wildman–Crippen MR) is 97.2 cm³/mol. The maximum atomic E-state index is 12.5. The van der Waals surface area contributed by atoms with Crippen molar-refractivity contribution in [2.45, 2.75) is 26.4 Å². The molecule has 134 valence electrons. The van der Waals surface area contributed by atoms with Crippen molar-refractivity contribution in [2.75, 3.05) is 32.7 Å². The van der Waals surface area contributed by atoms with E-state index in [-0.39, 0.29) is 30.3 Å². The van der Waals surface area contributed by atoms with Gasteiger partial charge in [0.25, 0.3) is 5.91 Å². The second kappa shape index (κ2) is 9.61. The highest BCUT2D eigenvalue weighted by Crippen LogP contribution is 2.10. The number of nitrogens with zero attached hydrogens (tertiary/aromatic N) is 2. The molecule has 2 rings (SSSR count). The Hall–Kier alpha value is -1.63. The fraction of sp³-hybridized carbons (Fsp3) is 0.529. The Morgan fingerprint density at radius 2 is 1.71 bits per heavy atom. The van der Waals surface area contributed by atoms with Crippen molar-refractivity contribution in [3.05, 3.63) is 35.4 Å². The van der Waals surface area contributed by atoms with E-state index in [2.05, 4.69) is 10.2 Å². The van der Waals surface area contributed by atoms with Crippen LogP contribution < -0.4 is 11.1 Å². The van der Waals surface area contributed by atoms with E-state index in [1.807, 2.05) is 43.0 Å². The van der Waals surface area contributed by atoms with Gasteiger partial charge in [0.2, 0.25) is 5.91 Å². The average Bonchev–Trinajstić information content (AvgIpc) is 2.54. The van der Waals surface area contributed by atoms with E-state index in [9.17, 15) is 9.59 Å². The molecule has 1 saturated heterocycles. The van der Waals surface area contributed by atoms with Crippen molar-refractivity contribution in [3.8, 4) is 0 Å². The first-order valence-corrected chi connectivity index (χ1v) is 8.09. The van der Waals surface area contributed by atoms with Crippen molar-refractivity contribution in [1.82, 2.24) is 15.1 Å². The SMILES string of the molecule is CC(C)NC(=O)CN1CCN(C(=O)c2ccc(CN)cc2)CC1.Cl. The smallest absolute Gasteiger partial charge is 0.253 e. The summed E-state index contributed by atoms with van der Waals surface area (Å²) in [5.41, 5.74) is 7.27. The van der Waals surface area contributed by atoms with Crippen LogP contribution in [0.25, 0.3) is 0 Å². The summed E-state index contributed by atoms with van der Waals surface area (Å²) in [6, 6.07) is 7.58. The monoisotopic (exact) mass is 354 g/mol. The molecule has 0 spiro atoms. The Morgan fingerprint density at radius 3 is 2.21 bits per heavy atom. The molecule has 0 bridgehead atoms. The number of amides is 2. The van der Waals surface area contributed by atoms with Gasteiger partial charge in [-0.2, -0.15) is 0 Å². The quantitative estimate of drug-likeness (QED) is 0.821. The number of benzene rings is 1. The van der Waals surface area contributed by atoms with Crippen LogP contribution in [0.15, 0.2) is 24.3 Å². The molecule has 7 heteroatoms. The lowest BCUT2D eigenvalue weighted by molar-refractivity contribution is -0.123. The molecule has 1 aromatic rings. The molecule has 1 aliphatic rings. The Bertz CT molecular complexity index is 540. The second-order valence-corrected chi connectivity index (χ2v) is 6.19. The highest BCUT2D eigenvalue weighted by molar-refractivity contribution is 5.94. The standard InChI is InChI=1S/C17H26N4O2.ClH/c1-13(2)19-16(22)12-20-7-9-21(10-8-20)17(23)15-5-3-14(11-18)4-6-15;/h3-6,13H,7-12,18H2,1-2H3,(H,19,22);1H. The van der Waals surface area contributed by atoms with Crippen LogP contribution >= 0.6 is 12.4 Å². The van der Waals surface area contributed by atoms with Gasteiger partial charge in [-0.1, -0.05) is 12.1 Å². The van der Waals surface area contributed by atoms with Gasteiger partial charge in [0.05, 0.1) is 6.54 Å². The van der Waals surface area contributed by atoms with E-state index < -0.39 is 0 Å². The summed E-state index contributed by atoms with van der Waals surface area (Å²) >= 11 is 0. The summed E-state index contributed by atoms with van der Waals surface area (Å²) in [7, 11) is 0. The molecule has 0 unspecified atom stereocenters. The minimum Gasteiger partial charge on any atom is -0.353 e. The largest absolute Gasteiger partial charge is 0.353 e. The highest BCUT2D eigenvalue weighted by Gasteiger charge is 2.23. The number of nitrogens with two attached hydrogens (primary N) is 1. The van der Waals surface area contributed by atoms with Gasteiger partial charge in [-0.05, 0) is 31.5 Å². The Balaban J connectivity index is 0.00000288. The van der Waals surface area contributed by atoms with Gasteiger partial charge >= 0.3 is 0 Å². The molecule has 0 radical (unpaired) electrons. The molecule has 6 nitrogen and oxygen atoms in total. The molecule has 0 aliphatic carbocycles. The molecule has 0 aromatic heterocycles. The van der Waals surface area contributed by atoms with Crippen LogP contribution in [0.2, 0.25) is 0 Å². The van der Waals surface area contributed by atoms with E-state index in [0.717, 1.165) is 18.7 Å². The van der Waals surface area contributed by atoms with E-state index in [1.165, 1.54) is 0 Å². The lowest BCUT2D eigenvalue weighted by Gasteiger charge is -2.34. The molecule has 3 N–H and O–H groups in total. The number of piperazine rings is 1. The first-order chi connectivity index (χ1) is 11.0. The van der Waals surface area contributed by atoms with Crippen molar-refractivity contribution >= 4 is 24.2 Å². The van der Waals surface area contributed by atoms with Gasteiger partial charge in [-0.25, -0.2) is 0 Å². The molecular formula is C17H27ClN4O2. The van der Waals surface area contributed by atoms with Crippen LogP contribution in [0.5, 0.6) is 0 Å². The van der Waals surface area contributed by atoms with Crippen LogP contribution in [0.4, 0.5) is 0 Å². The maximum absolute atomic E-state index is 12.5. The van der Waals surface area contributed by atoms with Crippen LogP contribution in [0.3, 0.4) is 0 Å². The van der Waals surface area contributed by atoms with Crippen LogP contribution in [-0.4, -0.2) is 60.4 Å². The third-order valence-electron chi connectivity index (χ3n) is 3.91. The summed E-state index contributed by atoms with van der Waals surface area (Å²) in [6.45, 7) is 7.50. The number of carbonyl (C=O) groups is 2. The van der Waals surface area contributed by atoms with Crippen LogP contribution in [0.1, 0.15) is 29.8 Å². The van der Waals surface area contributed by atoms with Gasteiger partial charge in [0, 0.05) is 44.3 Å². The Labute approximate surface area is 149 Å². The lowest BCUT2D eigenvalue weighted by Crippen LogP contribution is -2.51. The van der Waals surface area contributed by atoms with E-state index in [4.69, 9.17) is 5.73 Å². The summed E-state index contributed by atoms with van der Waals surface area (Å²) < 4.78 is 0. The summed E-state index contributed by atoms with van der Waals surface area (Å²) in [5.74, 6) is 0.0806. The van der Waals surface area contributed by atoms with Crippen molar-refractivity contribution in [1.29, 1.82) is 0 Å². The highest BCUT2D eigenvalue weighted by atomic mass is 35.5. The van der Waals surface area contributed by atoms with Gasteiger partial charge in [-0.15, -0.1) is 12.4 Å². The van der Waals surface area contributed by atoms with Crippen LogP contribution in [-0.2, 0) is 11.3 Å². The van der Waals surface area contributed by atoms with Crippen molar-refractivity contribution in [2.24, 2.45) is 5.73 Å². The number of halogens is 1. The molecule has 2 amide bonds. The minimum atomic E-state index is 0. The summed E-state index contributed by atoms with van der Waals surface area (Å²) in [4.78, 5) is 28.2. The van der Waals surface area contributed by atoms with E-state index in [0.29, 0.717) is 31.7 Å². The van der Waals surface area contributed by atoms with Gasteiger partial charge in [0.1, 0.15) is 0 Å². The number of hydrogen-bond acceptors (Lipinski definition) is 4. The summed E-state index contributed by atoms with van der Waals surface area (Å²) in [6.07, 6.45) is 0. The topological polar surface area (TPSA) is 78.7 Å². The van der Waals surface area contributed by atoms with Crippen molar-refractivity contribution in [3.63, 3.8) is 0 Å². The molecule has 1 fully saturated rings. The average molecular weight is 355 g/mol. The van der Waals surface area contributed by atoms with Gasteiger partial charge in [-0.3, -0.25) is 14.5 Å². The third kappa shape index (κ3) is 5.78. The number of nitrogens with one attached hydrogen (secondary N) is 1. The van der Waals surface area contributed by atoms with E-state index in [1.54, 1.807) is 0 Å². The zero-order valence-corrected chi connectivity index (χ0v) is 15.1. The molecule has 1 aliphatic heterocycles.